The van der Waals surface area contributed by atoms with E-state index in [0.29, 0.717) is 11.4 Å². The van der Waals surface area contributed by atoms with Crippen molar-refractivity contribution in [3.63, 3.8) is 0 Å². The fourth-order valence-corrected chi connectivity index (χ4v) is 2.67. The van der Waals surface area contributed by atoms with E-state index in [1.807, 2.05) is 44.2 Å². The van der Waals surface area contributed by atoms with E-state index in [1.54, 1.807) is 0 Å². The van der Waals surface area contributed by atoms with Gasteiger partial charge >= 0.3 is 0 Å². The Hall–Kier alpha value is -2.34. The van der Waals surface area contributed by atoms with Crippen LogP contribution in [-0.2, 0) is 14.6 Å². The summed E-state index contributed by atoms with van der Waals surface area (Å²) in [6.45, 7) is 6.96. The molecular formula is C17H19NO4S. The van der Waals surface area contributed by atoms with Crippen molar-refractivity contribution in [2.24, 2.45) is 0 Å². The standard InChI is InChI=1S/C17H19NO4S/c1-4-23(20,21)10-9-17(19)18-15-11-14(7-5-12(15)2)16-8-6-13(3)22-16/h4-8,11H,1,9-10H2,2-3H3,(H,18,19). The summed E-state index contributed by atoms with van der Waals surface area (Å²) >= 11 is 0. The van der Waals surface area contributed by atoms with Crippen molar-refractivity contribution in [1.29, 1.82) is 0 Å². The van der Waals surface area contributed by atoms with Crippen LogP contribution in [-0.4, -0.2) is 20.1 Å². The number of aryl methyl sites for hydroxylation is 2. The molecule has 2 rings (SSSR count). The van der Waals surface area contributed by atoms with Crippen LogP contribution in [0.15, 0.2) is 46.7 Å². The zero-order valence-electron chi connectivity index (χ0n) is 13.1. The van der Waals surface area contributed by atoms with Crippen LogP contribution in [0.2, 0.25) is 0 Å². The van der Waals surface area contributed by atoms with Crippen molar-refractivity contribution in [2.75, 3.05) is 11.1 Å². The number of benzene rings is 1. The normalized spacial score (nSPS) is 11.2. The predicted molar refractivity (Wildman–Crippen MR) is 90.8 cm³/mol. The molecule has 0 bridgehead atoms. The Morgan fingerprint density at radius 3 is 2.61 bits per heavy atom. The van der Waals surface area contributed by atoms with Crippen LogP contribution in [0.1, 0.15) is 17.7 Å². The van der Waals surface area contributed by atoms with Gasteiger partial charge in [0, 0.05) is 23.1 Å². The maximum atomic E-state index is 11.9. The molecule has 1 aromatic heterocycles. The Labute approximate surface area is 135 Å². The van der Waals surface area contributed by atoms with Crippen molar-refractivity contribution in [2.45, 2.75) is 20.3 Å². The summed E-state index contributed by atoms with van der Waals surface area (Å²) in [5.74, 6) is 0.915. The number of hydrogen-bond acceptors (Lipinski definition) is 4. The molecule has 0 unspecified atom stereocenters. The minimum atomic E-state index is -3.38. The second kappa shape index (κ2) is 6.83. The lowest BCUT2D eigenvalue weighted by Crippen LogP contribution is -2.16. The van der Waals surface area contributed by atoms with Gasteiger partial charge in [-0.25, -0.2) is 8.42 Å². The average molecular weight is 333 g/mol. The number of anilines is 1. The van der Waals surface area contributed by atoms with Gasteiger partial charge in [-0.1, -0.05) is 18.7 Å². The molecule has 6 heteroatoms. The van der Waals surface area contributed by atoms with Crippen molar-refractivity contribution in [3.05, 3.63) is 53.6 Å². The highest BCUT2D eigenvalue weighted by Crippen LogP contribution is 2.27. The lowest BCUT2D eigenvalue weighted by atomic mass is 10.1. The molecule has 23 heavy (non-hydrogen) atoms. The Morgan fingerprint density at radius 1 is 1.26 bits per heavy atom. The van der Waals surface area contributed by atoms with Gasteiger partial charge in [-0.3, -0.25) is 4.79 Å². The molecule has 2 aromatic rings. The molecule has 0 atom stereocenters. The number of rotatable bonds is 6. The molecule has 0 aliphatic heterocycles. The molecule has 122 valence electrons. The molecule has 0 radical (unpaired) electrons. The summed E-state index contributed by atoms with van der Waals surface area (Å²) in [5.41, 5.74) is 2.37. The highest BCUT2D eigenvalue weighted by atomic mass is 32.2. The predicted octanol–water partition coefficient (Wildman–Crippen LogP) is 3.45. The maximum Gasteiger partial charge on any atom is 0.225 e. The molecule has 0 aliphatic rings. The molecule has 5 nitrogen and oxygen atoms in total. The van der Waals surface area contributed by atoms with Gasteiger partial charge in [0.05, 0.1) is 5.75 Å². The summed E-state index contributed by atoms with van der Waals surface area (Å²) in [7, 11) is -3.38. The molecule has 0 spiro atoms. The van der Waals surface area contributed by atoms with Crippen molar-refractivity contribution < 1.29 is 17.6 Å². The van der Waals surface area contributed by atoms with E-state index in [0.717, 1.165) is 22.3 Å². The lowest BCUT2D eigenvalue weighted by molar-refractivity contribution is -0.115. The third-order valence-corrected chi connectivity index (χ3v) is 4.69. The summed E-state index contributed by atoms with van der Waals surface area (Å²) in [5, 5.41) is 3.61. The fourth-order valence-electron chi connectivity index (χ4n) is 2.03. The molecule has 0 aliphatic carbocycles. The number of hydrogen-bond donors (Lipinski definition) is 1. The van der Waals surface area contributed by atoms with E-state index in [-0.39, 0.29) is 18.1 Å². The van der Waals surface area contributed by atoms with Crippen LogP contribution in [0, 0.1) is 13.8 Å². The third-order valence-electron chi connectivity index (χ3n) is 3.40. The van der Waals surface area contributed by atoms with Gasteiger partial charge in [0.2, 0.25) is 5.91 Å². The highest BCUT2D eigenvalue weighted by molar-refractivity contribution is 7.94. The molecule has 1 amide bonds. The van der Waals surface area contributed by atoms with Gasteiger partial charge in [-0.2, -0.15) is 0 Å². The number of carbonyl (C=O) groups excluding carboxylic acids is 1. The molecular weight excluding hydrogens is 314 g/mol. The molecule has 1 N–H and O–H groups in total. The second-order valence-electron chi connectivity index (χ2n) is 5.27. The molecule has 0 fully saturated rings. The summed E-state index contributed by atoms with van der Waals surface area (Å²) < 4.78 is 28.3. The minimum Gasteiger partial charge on any atom is -0.461 e. The number of furan rings is 1. The van der Waals surface area contributed by atoms with Gasteiger partial charge < -0.3 is 9.73 Å². The first-order valence-corrected chi connectivity index (χ1v) is 8.85. The summed E-state index contributed by atoms with van der Waals surface area (Å²) in [6, 6.07) is 9.33. The van der Waals surface area contributed by atoms with Crippen LogP contribution in [0.25, 0.3) is 11.3 Å². The molecule has 1 aromatic carbocycles. The number of sulfone groups is 1. The summed E-state index contributed by atoms with van der Waals surface area (Å²) in [6.07, 6.45) is -0.113. The molecule has 0 saturated carbocycles. The third kappa shape index (κ3) is 4.56. The van der Waals surface area contributed by atoms with Crippen LogP contribution >= 0.6 is 0 Å². The summed E-state index contributed by atoms with van der Waals surface area (Å²) in [4.78, 5) is 11.9. The quantitative estimate of drug-likeness (QED) is 0.878. The van der Waals surface area contributed by atoms with E-state index in [9.17, 15) is 13.2 Å². The van der Waals surface area contributed by atoms with Gasteiger partial charge in [0.1, 0.15) is 11.5 Å². The van der Waals surface area contributed by atoms with E-state index in [4.69, 9.17) is 4.42 Å². The molecule has 0 saturated heterocycles. The SMILES string of the molecule is C=CS(=O)(=O)CCC(=O)Nc1cc(-c2ccc(C)o2)ccc1C. The van der Waals surface area contributed by atoms with E-state index >= 15 is 0 Å². The number of nitrogens with one attached hydrogen (secondary N) is 1. The minimum absolute atomic E-state index is 0.113. The topological polar surface area (TPSA) is 76.4 Å². The van der Waals surface area contributed by atoms with E-state index in [2.05, 4.69) is 11.9 Å². The smallest absolute Gasteiger partial charge is 0.225 e. The van der Waals surface area contributed by atoms with Gasteiger partial charge in [-0.15, -0.1) is 0 Å². The fraction of sp³-hybridized carbons (Fsp3) is 0.235. The number of amides is 1. The van der Waals surface area contributed by atoms with Crippen molar-refractivity contribution >= 4 is 21.4 Å². The highest BCUT2D eigenvalue weighted by Gasteiger charge is 2.12. The Bertz CT molecular complexity index is 834. The molecule has 1 heterocycles. The van der Waals surface area contributed by atoms with Crippen LogP contribution in [0.3, 0.4) is 0 Å². The first-order chi connectivity index (χ1) is 10.8. The average Bonchev–Trinajstić information content (AvgIpc) is 2.94. The van der Waals surface area contributed by atoms with Crippen LogP contribution in [0.5, 0.6) is 0 Å². The van der Waals surface area contributed by atoms with Gasteiger partial charge in [0.15, 0.2) is 9.84 Å². The Balaban J connectivity index is 2.13. The van der Waals surface area contributed by atoms with Gasteiger partial charge in [0.25, 0.3) is 0 Å². The van der Waals surface area contributed by atoms with Crippen molar-refractivity contribution in [3.8, 4) is 11.3 Å². The zero-order chi connectivity index (χ0) is 17.0. The Morgan fingerprint density at radius 2 is 2.00 bits per heavy atom. The number of carbonyl (C=O) groups is 1. The Kier molecular flexibility index (Phi) is 5.05. The monoisotopic (exact) mass is 333 g/mol. The first kappa shape index (κ1) is 17.0. The second-order valence-corrected chi connectivity index (χ2v) is 7.34. The maximum absolute atomic E-state index is 11.9. The van der Waals surface area contributed by atoms with E-state index < -0.39 is 9.84 Å². The van der Waals surface area contributed by atoms with Gasteiger partial charge in [-0.05, 0) is 37.6 Å². The first-order valence-electron chi connectivity index (χ1n) is 7.13. The largest absolute Gasteiger partial charge is 0.461 e. The van der Waals surface area contributed by atoms with Crippen molar-refractivity contribution in [1.82, 2.24) is 0 Å². The van der Waals surface area contributed by atoms with Crippen LogP contribution in [0.4, 0.5) is 5.69 Å². The van der Waals surface area contributed by atoms with Crippen LogP contribution < -0.4 is 5.32 Å². The van der Waals surface area contributed by atoms with E-state index in [1.165, 1.54) is 0 Å². The zero-order valence-corrected chi connectivity index (χ0v) is 13.9. The lowest BCUT2D eigenvalue weighted by Gasteiger charge is -2.10.